The van der Waals surface area contributed by atoms with Crippen LogP contribution in [0.2, 0.25) is 0 Å². The fraction of sp³-hybridized carbons (Fsp3) is 0.429. The van der Waals surface area contributed by atoms with E-state index in [4.69, 9.17) is 0 Å². The number of hydrogen-bond acceptors (Lipinski definition) is 5. The molecule has 0 bridgehead atoms. The average molecular weight is 287 g/mol. The molecule has 1 saturated heterocycles. The lowest BCUT2D eigenvalue weighted by Gasteiger charge is -2.23. The number of carbonyl (C=O) groups is 1. The van der Waals surface area contributed by atoms with E-state index in [-0.39, 0.29) is 11.6 Å². The minimum atomic E-state index is -1.01. The van der Waals surface area contributed by atoms with Gasteiger partial charge in [-0.15, -0.1) is 5.10 Å². The highest BCUT2D eigenvalue weighted by Gasteiger charge is 2.27. The van der Waals surface area contributed by atoms with Crippen LogP contribution < -0.4 is 5.32 Å². The van der Waals surface area contributed by atoms with Gasteiger partial charge in [-0.25, -0.2) is 9.48 Å². The molecule has 0 atom stereocenters. The molecule has 2 aromatic rings. The van der Waals surface area contributed by atoms with E-state index in [1.807, 2.05) is 12.1 Å². The maximum absolute atomic E-state index is 11.4. The molecule has 0 aromatic carbocycles. The van der Waals surface area contributed by atoms with Gasteiger partial charge in [0.05, 0.1) is 12.2 Å². The molecule has 0 unspecified atom stereocenters. The summed E-state index contributed by atoms with van der Waals surface area (Å²) in [5, 5.41) is 20.5. The predicted molar refractivity (Wildman–Crippen MR) is 75.2 cm³/mol. The van der Waals surface area contributed by atoms with Crippen LogP contribution in [0.4, 0.5) is 0 Å². The lowest BCUT2D eigenvalue weighted by atomic mass is 9.93. The number of hydrogen-bond donors (Lipinski definition) is 2. The van der Waals surface area contributed by atoms with E-state index in [1.54, 1.807) is 17.1 Å². The predicted octanol–water partition coefficient (Wildman–Crippen LogP) is 0.887. The van der Waals surface area contributed by atoms with Crippen molar-refractivity contribution in [1.29, 1.82) is 0 Å². The first-order chi connectivity index (χ1) is 10.3. The number of piperidine rings is 1. The van der Waals surface area contributed by atoms with Crippen LogP contribution in [0, 0.1) is 0 Å². The van der Waals surface area contributed by atoms with E-state index in [0.717, 1.165) is 37.2 Å². The van der Waals surface area contributed by atoms with E-state index in [2.05, 4.69) is 20.6 Å². The standard InChI is InChI=1S/C14H17N5O2/c20-14(21)12-13(11-3-7-16-8-4-11)19(18-17-12)9-10-1-5-15-6-2-10/h1-2,5-6,11,16H,3-4,7-9H2,(H,20,21). The fourth-order valence-electron chi connectivity index (χ4n) is 2.75. The molecular weight excluding hydrogens is 270 g/mol. The van der Waals surface area contributed by atoms with Gasteiger partial charge in [-0.2, -0.15) is 0 Å². The summed E-state index contributed by atoms with van der Waals surface area (Å²) >= 11 is 0. The number of nitrogens with zero attached hydrogens (tertiary/aromatic N) is 4. The van der Waals surface area contributed by atoms with Crippen molar-refractivity contribution in [2.75, 3.05) is 13.1 Å². The topological polar surface area (TPSA) is 92.9 Å². The molecular formula is C14H17N5O2. The third-order valence-corrected chi connectivity index (χ3v) is 3.78. The maximum atomic E-state index is 11.4. The van der Waals surface area contributed by atoms with Crippen LogP contribution in [-0.4, -0.2) is 44.1 Å². The van der Waals surface area contributed by atoms with Crippen LogP contribution in [-0.2, 0) is 6.54 Å². The molecule has 1 aliphatic rings. The van der Waals surface area contributed by atoms with Crippen LogP contribution in [0.25, 0.3) is 0 Å². The highest BCUT2D eigenvalue weighted by molar-refractivity contribution is 5.86. The maximum Gasteiger partial charge on any atom is 0.358 e. The van der Waals surface area contributed by atoms with E-state index >= 15 is 0 Å². The molecule has 3 rings (SSSR count). The summed E-state index contributed by atoms with van der Waals surface area (Å²) in [5.41, 5.74) is 1.85. The number of carboxylic acid groups (broad SMARTS) is 1. The number of nitrogens with one attached hydrogen (secondary N) is 1. The van der Waals surface area contributed by atoms with Crippen LogP contribution in [0.15, 0.2) is 24.5 Å². The Morgan fingerprint density at radius 2 is 2.05 bits per heavy atom. The lowest BCUT2D eigenvalue weighted by molar-refractivity contribution is 0.0688. The zero-order valence-electron chi connectivity index (χ0n) is 11.6. The van der Waals surface area contributed by atoms with Gasteiger partial charge < -0.3 is 10.4 Å². The molecule has 110 valence electrons. The molecule has 1 fully saturated rings. The second-order valence-electron chi connectivity index (χ2n) is 5.17. The third kappa shape index (κ3) is 2.92. The molecule has 0 spiro atoms. The highest BCUT2D eigenvalue weighted by Crippen LogP contribution is 2.27. The number of aromatic nitrogens is 4. The Morgan fingerprint density at radius 3 is 2.71 bits per heavy atom. The Kier molecular flexibility index (Phi) is 3.92. The second-order valence-corrected chi connectivity index (χ2v) is 5.17. The Balaban J connectivity index is 1.94. The van der Waals surface area contributed by atoms with Crippen molar-refractivity contribution < 1.29 is 9.90 Å². The van der Waals surface area contributed by atoms with Gasteiger partial charge in [0.2, 0.25) is 0 Å². The smallest absolute Gasteiger partial charge is 0.358 e. The molecule has 21 heavy (non-hydrogen) atoms. The summed E-state index contributed by atoms with van der Waals surface area (Å²) in [6.07, 6.45) is 5.25. The molecule has 0 aliphatic carbocycles. The molecule has 7 heteroatoms. The monoisotopic (exact) mass is 287 g/mol. The first-order valence-corrected chi connectivity index (χ1v) is 7.02. The van der Waals surface area contributed by atoms with Crippen LogP contribution in [0.1, 0.15) is 40.5 Å². The van der Waals surface area contributed by atoms with Crippen molar-refractivity contribution in [3.8, 4) is 0 Å². The molecule has 2 N–H and O–H groups in total. The Hall–Kier alpha value is -2.28. The third-order valence-electron chi connectivity index (χ3n) is 3.78. The first-order valence-electron chi connectivity index (χ1n) is 7.02. The number of rotatable bonds is 4. The number of aromatic carboxylic acids is 1. The molecule has 2 aromatic heterocycles. The van der Waals surface area contributed by atoms with Crippen molar-refractivity contribution in [2.45, 2.75) is 25.3 Å². The largest absolute Gasteiger partial charge is 0.476 e. The van der Waals surface area contributed by atoms with Gasteiger partial charge in [0.15, 0.2) is 5.69 Å². The van der Waals surface area contributed by atoms with Gasteiger partial charge in [-0.3, -0.25) is 4.98 Å². The van der Waals surface area contributed by atoms with Gasteiger partial charge in [0.1, 0.15) is 0 Å². The minimum Gasteiger partial charge on any atom is -0.476 e. The lowest BCUT2D eigenvalue weighted by Crippen LogP contribution is -2.28. The molecule has 0 saturated carbocycles. The average Bonchev–Trinajstić information content (AvgIpc) is 2.93. The molecule has 0 amide bonds. The molecule has 1 aliphatic heterocycles. The second kappa shape index (κ2) is 6.01. The first kappa shape index (κ1) is 13.7. The minimum absolute atomic E-state index is 0.0796. The summed E-state index contributed by atoms with van der Waals surface area (Å²) in [7, 11) is 0. The van der Waals surface area contributed by atoms with Crippen molar-refractivity contribution in [3.05, 3.63) is 41.5 Å². The summed E-state index contributed by atoms with van der Waals surface area (Å²) in [5.74, 6) is -0.821. The summed E-state index contributed by atoms with van der Waals surface area (Å²) in [6.45, 7) is 2.30. The van der Waals surface area contributed by atoms with Crippen LogP contribution in [0.3, 0.4) is 0 Å². The molecule has 0 radical (unpaired) electrons. The number of pyridine rings is 1. The van der Waals surface area contributed by atoms with E-state index in [1.165, 1.54) is 0 Å². The normalized spacial score (nSPS) is 16.0. The van der Waals surface area contributed by atoms with Crippen LogP contribution in [0.5, 0.6) is 0 Å². The quantitative estimate of drug-likeness (QED) is 0.867. The Bertz CT molecular complexity index is 620. The van der Waals surface area contributed by atoms with E-state index in [9.17, 15) is 9.90 Å². The Morgan fingerprint density at radius 1 is 1.33 bits per heavy atom. The number of carboxylic acids is 1. The summed E-state index contributed by atoms with van der Waals surface area (Å²) in [6, 6.07) is 3.79. The fourth-order valence-corrected chi connectivity index (χ4v) is 2.75. The van der Waals surface area contributed by atoms with Gasteiger partial charge in [0.25, 0.3) is 0 Å². The summed E-state index contributed by atoms with van der Waals surface area (Å²) < 4.78 is 1.72. The summed E-state index contributed by atoms with van der Waals surface area (Å²) in [4.78, 5) is 15.4. The SMILES string of the molecule is O=C(O)c1nnn(Cc2ccncc2)c1C1CCNCC1. The van der Waals surface area contributed by atoms with Crippen molar-refractivity contribution in [1.82, 2.24) is 25.3 Å². The zero-order valence-corrected chi connectivity index (χ0v) is 11.6. The molecule has 3 heterocycles. The zero-order chi connectivity index (χ0) is 14.7. The van der Waals surface area contributed by atoms with Crippen molar-refractivity contribution in [2.24, 2.45) is 0 Å². The van der Waals surface area contributed by atoms with E-state index in [0.29, 0.717) is 6.54 Å². The van der Waals surface area contributed by atoms with Gasteiger partial charge in [-0.1, -0.05) is 5.21 Å². The van der Waals surface area contributed by atoms with Gasteiger partial charge in [0, 0.05) is 18.3 Å². The van der Waals surface area contributed by atoms with Gasteiger partial charge in [-0.05, 0) is 43.6 Å². The van der Waals surface area contributed by atoms with Gasteiger partial charge >= 0.3 is 5.97 Å². The van der Waals surface area contributed by atoms with E-state index < -0.39 is 5.97 Å². The van der Waals surface area contributed by atoms with Crippen LogP contribution >= 0.6 is 0 Å². The van der Waals surface area contributed by atoms with Crippen molar-refractivity contribution in [3.63, 3.8) is 0 Å². The van der Waals surface area contributed by atoms with Crippen molar-refractivity contribution >= 4 is 5.97 Å². The molecule has 7 nitrogen and oxygen atoms in total. The highest BCUT2D eigenvalue weighted by atomic mass is 16.4. The Labute approximate surface area is 122 Å².